The van der Waals surface area contributed by atoms with Crippen molar-refractivity contribution < 1.29 is 27.6 Å². The predicted molar refractivity (Wildman–Crippen MR) is 127 cm³/mol. The van der Waals surface area contributed by atoms with E-state index in [1.165, 1.54) is 18.5 Å². The first-order valence-corrected chi connectivity index (χ1v) is 11.8. The normalized spacial score (nSPS) is 14.7. The van der Waals surface area contributed by atoms with Gasteiger partial charge in [-0.15, -0.1) is 11.3 Å². The van der Waals surface area contributed by atoms with Gasteiger partial charge in [0.2, 0.25) is 11.8 Å². The zero-order chi connectivity index (χ0) is 26.2. The fraction of sp³-hybridized carbons (Fsp3) is 0.348. The Hall–Kier alpha value is -3.74. The van der Waals surface area contributed by atoms with Crippen LogP contribution in [0.4, 0.5) is 18.9 Å². The first-order valence-electron chi connectivity index (χ1n) is 11.0. The zero-order valence-electron chi connectivity index (χ0n) is 19.1. The molecule has 36 heavy (non-hydrogen) atoms. The molecule has 13 heteroatoms. The number of rotatable bonds is 5. The molecule has 3 aromatic rings. The minimum Gasteiger partial charge on any atom is -0.369 e. The highest BCUT2D eigenvalue weighted by atomic mass is 32.1. The SMILES string of the molecule is Cc1c(C(=O)N2CCC(C(N)=O)CC2)sc2ncn(CC(=O)Nc3cccc(C(F)(F)F)c3)c(=O)c12. The largest absolute Gasteiger partial charge is 0.416 e. The number of amides is 3. The van der Waals surface area contributed by atoms with Crippen molar-refractivity contribution in [2.75, 3.05) is 18.4 Å². The van der Waals surface area contributed by atoms with Gasteiger partial charge in [-0.3, -0.25) is 23.7 Å². The van der Waals surface area contributed by atoms with E-state index in [4.69, 9.17) is 5.73 Å². The maximum Gasteiger partial charge on any atom is 0.416 e. The Labute approximate surface area is 206 Å². The molecule has 1 saturated heterocycles. The van der Waals surface area contributed by atoms with Crippen molar-refractivity contribution in [2.45, 2.75) is 32.5 Å². The van der Waals surface area contributed by atoms with E-state index in [9.17, 15) is 32.3 Å². The van der Waals surface area contributed by atoms with Crippen LogP contribution in [0.3, 0.4) is 0 Å². The first kappa shape index (κ1) is 25.4. The van der Waals surface area contributed by atoms with Gasteiger partial charge in [0.05, 0.1) is 22.2 Å². The van der Waals surface area contributed by atoms with Crippen LogP contribution in [-0.2, 0) is 22.3 Å². The molecule has 190 valence electrons. The van der Waals surface area contributed by atoms with Gasteiger partial charge in [-0.2, -0.15) is 13.2 Å². The van der Waals surface area contributed by atoms with Crippen molar-refractivity contribution in [2.24, 2.45) is 11.7 Å². The third-order valence-corrected chi connectivity index (χ3v) is 7.27. The summed E-state index contributed by atoms with van der Waals surface area (Å²) in [7, 11) is 0. The molecule has 0 bridgehead atoms. The Balaban J connectivity index is 1.52. The molecule has 0 spiro atoms. The Bertz CT molecular complexity index is 1410. The van der Waals surface area contributed by atoms with E-state index in [0.29, 0.717) is 41.2 Å². The van der Waals surface area contributed by atoms with Gasteiger partial charge < -0.3 is 16.0 Å². The van der Waals surface area contributed by atoms with Gasteiger partial charge >= 0.3 is 6.18 Å². The third-order valence-electron chi connectivity index (χ3n) is 6.08. The van der Waals surface area contributed by atoms with Gasteiger partial charge in [0.1, 0.15) is 11.4 Å². The Kier molecular flexibility index (Phi) is 6.85. The summed E-state index contributed by atoms with van der Waals surface area (Å²) in [6, 6.07) is 4.16. The average Bonchev–Trinajstić information content (AvgIpc) is 3.17. The number of benzene rings is 1. The van der Waals surface area contributed by atoms with Crippen LogP contribution in [0.15, 0.2) is 35.4 Å². The predicted octanol–water partition coefficient (Wildman–Crippen LogP) is 2.76. The molecular weight excluding hydrogens is 499 g/mol. The highest BCUT2D eigenvalue weighted by molar-refractivity contribution is 7.20. The van der Waals surface area contributed by atoms with E-state index in [2.05, 4.69) is 10.3 Å². The molecule has 0 unspecified atom stereocenters. The van der Waals surface area contributed by atoms with Crippen LogP contribution in [0, 0.1) is 12.8 Å². The van der Waals surface area contributed by atoms with Crippen LogP contribution < -0.4 is 16.6 Å². The number of primary amides is 1. The van der Waals surface area contributed by atoms with Crippen molar-refractivity contribution in [1.82, 2.24) is 14.5 Å². The molecule has 1 aliphatic rings. The van der Waals surface area contributed by atoms with Gasteiger partial charge in [0.15, 0.2) is 0 Å². The van der Waals surface area contributed by atoms with E-state index in [1.807, 2.05) is 0 Å². The maximum atomic E-state index is 13.1. The van der Waals surface area contributed by atoms with E-state index >= 15 is 0 Å². The Morgan fingerprint density at radius 3 is 2.56 bits per heavy atom. The number of aryl methyl sites for hydroxylation is 1. The summed E-state index contributed by atoms with van der Waals surface area (Å²) in [6.45, 7) is 1.89. The number of nitrogens with one attached hydrogen (secondary N) is 1. The maximum absolute atomic E-state index is 13.1. The number of carbonyl (C=O) groups is 3. The van der Waals surface area contributed by atoms with Crippen LogP contribution in [0.1, 0.15) is 33.6 Å². The molecule has 1 aromatic carbocycles. The minimum atomic E-state index is -4.56. The molecule has 9 nitrogen and oxygen atoms in total. The number of hydrogen-bond donors (Lipinski definition) is 2. The summed E-state index contributed by atoms with van der Waals surface area (Å²) in [5, 5.41) is 2.55. The van der Waals surface area contributed by atoms with Gasteiger partial charge in [0.25, 0.3) is 11.5 Å². The van der Waals surface area contributed by atoms with Crippen LogP contribution in [0.25, 0.3) is 10.2 Å². The van der Waals surface area contributed by atoms with Crippen molar-refractivity contribution >= 4 is 45.0 Å². The number of carbonyl (C=O) groups excluding carboxylic acids is 3. The van der Waals surface area contributed by atoms with Crippen LogP contribution in [-0.4, -0.2) is 45.3 Å². The van der Waals surface area contributed by atoms with Crippen LogP contribution >= 0.6 is 11.3 Å². The molecule has 1 fully saturated rings. The number of hydrogen-bond acceptors (Lipinski definition) is 6. The lowest BCUT2D eigenvalue weighted by molar-refractivity contribution is -0.137. The number of piperidine rings is 1. The lowest BCUT2D eigenvalue weighted by Crippen LogP contribution is -2.41. The highest BCUT2D eigenvalue weighted by Gasteiger charge is 2.31. The number of anilines is 1. The van der Waals surface area contributed by atoms with Crippen molar-refractivity contribution in [3.8, 4) is 0 Å². The second kappa shape index (κ2) is 9.72. The number of fused-ring (bicyclic) bond motifs is 1. The number of alkyl halides is 3. The standard InChI is InChI=1S/C23H22F3N5O4S/c1-12-17-20(36-18(12)22(35)30-7-5-13(6-8-30)19(27)33)28-11-31(21(17)34)10-16(32)29-15-4-2-3-14(9-15)23(24,25)26/h2-4,9,11,13H,5-8,10H2,1H3,(H2,27,33)(H,29,32). The van der Waals surface area contributed by atoms with Crippen molar-refractivity contribution in [1.29, 1.82) is 0 Å². The Morgan fingerprint density at radius 1 is 1.22 bits per heavy atom. The molecule has 3 N–H and O–H groups in total. The second-order valence-electron chi connectivity index (χ2n) is 8.51. The topological polar surface area (TPSA) is 127 Å². The zero-order valence-corrected chi connectivity index (χ0v) is 19.9. The molecule has 3 heterocycles. The summed E-state index contributed by atoms with van der Waals surface area (Å²) in [5.41, 5.74) is 4.27. The van der Waals surface area contributed by atoms with Gasteiger partial charge in [-0.1, -0.05) is 6.07 Å². The van der Waals surface area contributed by atoms with E-state index < -0.39 is 29.8 Å². The van der Waals surface area contributed by atoms with E-state index in [1.54, 1.807) is 11.8 Å². The molecule has 0 saturated carbocycles. The van der Waals surface area contributed by atoms with Gasteiger partial charge in [0, 0.05) is 24.7 Å². The minimum absolute atomic E-state index is 0.0587. The molecule has 3 amide bonds. The monoisotopic (exact) mass is 521 g/mol. The lowest BCUT2D eigenvalue weighted by atomic mass is 9.96. The fourth-order valence-corrected chi connectivity index (χ4v) is 5.22. The van der Waals surface area contributed by atoms with Gasteiger partial charge in [-0.25, -0.2) is 4.98 Å². The third kappa shape index (κ3) is 5.10. The number of aromatic nitrogens is 2. The quantitative estimate of drug-likeness (QED) is 0.534. The molecule has 2 aromatic heterocycles. The van der Waals surface area contributed by atoms with Crippen molar-refractivity contribution in [3.05, 3.63) is 57.0 Å². The molecule has 0 radical (unpaired) electrons. The summed E-state index contributed by atoms with van der Waals surface area (Å²) in [5.74, 6) is -1.64. The van der Waals surface area contributed by atoms with Crippen LogP contribution in [0.5, 0.6) is 0 Å². The number of likely N-dealkylation sites (tertiary alicyclic amines) is 1. The smallest absolute Gasteiger partial charge is 0.369 e. The lowest BCUT2D eigenvalue weighted by Gasteiger charge is -2.30. The molecule has 0 atom stereocenters. The number of halogens is 3. The molecule has 0 aliphatic carbocycles. The fourth-order valence-electron chi connectivity index (χ4n) is 4.12. The second-order valence-corrected chi connectivity index (χ2v) is 9.51. The Morgan fingerprint density at radius 2 is 1.92 bits per heavy atom. The van der Waals surface area contributed by atoms with E-state index in [0.717, 1.165) is 28.0 Å². The molecule has 4 rings (SSSR count). The summed E-state index contributed by atoms with van der Waals surface area (Å²) < 4.78 is 39.8. The number of thiophene rings is 1. The van der Waals surface area contributed by atoms with Crippen LogP contribution in [0.2, 0.25) is 0 Å². The van der Waals surface area contributed by atoms with E-state index in [-0.39, 0.29) is 28.8 Å². The molecular formula is C23H22F3N5O4S. The highest BCUT2D eigenvalue weighted by Crippen LogP contribution is 2.31. The van der Waals surface area contributed by atoms with Gasteiger partial charge in [-0.05, 0) is 43.5 Å². The summed E-state index contributed by atoms with van der Waals surface area (Å²) in [4.78, 5) is 56.5. The summed E-state index contributed by atoms with van der Waals surface area (Å²) in [6.07, 6.45) is -2.46. The first-order chi connectivity index (χ1) is 17.0. The molecule has 1 aliphatic heterocycles. The average molecular weight is 522 g/mol. The summed E-state index contributed by atoms with van der Waals surface area (Å²) >= 11 is 1.07. The number of nitrogens with two attached hydrogens (primary N) is 1. The van der Waals surface area contributed by atoms with Crippen molar-refractivity contribution in [3.63, 3.8) is 0 Å². The number of nitrogens with zero attached hydrogens (tertiary/aromatic N) is 3.